The molecule has 0 spiro atoms. The van der Waals surface area contributed by atoms with E-state index >= 15 is 0 Å². The second kappa shape index (κ2) is 6.03. The fourth-order valence-corrected chi connectivity index (χ4v) is 3.09. The van der Waals surface area contributed by atoms with Crippen molar-refractivity contribution in [2.75, 3.05) is 39.3 Å². The standard InChI is InChI=1S/C14H25N5/c1-2-7-19-13(3-4-16-19)10-17-11-14(12-17)18-8-5-15-6-9-18/h3-4,14-15H,2,5-12H2,1H3. The van der Waals surface area contributed by atoms with Gasteiger partial charge in [-0.05, 0) is 12.5 Å². The minimum Gasteiger partial charge on any atom is -0.314 e. The summed E-state index contributed by atoms with van der Waals surface area (Å²) in [5, 5.41) is 7.82. The zero-order chi connectivity index (χ0) is 13.1. The van der Waals surface area contributed by atoms with Gasteiger partial charge in [0.15, 0.2) is 0 Å². The highest BCUT2D eigenvalue weighted by Crippen LogP contribution is 2.18. The van der Waals surface area contributed by atoms with Gasteiger partial charge in [0.1, 0.15) is 0 Å². The molecule has 2 aliphatic heterocycles. The summed E-state index contributed by atoms with van der Waals surface area (Å²) < 4.78 is 2.15. The number of rotatable bonds is 5. The lowest BCUT2D eigenvalue weighted by Crippen LogP contribution is -2.62. The van der Waals surface area contributed by atoms with Crippen LogP contribution in [-0.2, 0) is 13.1 Å². The van der Waals surface area contributed by atoms with Gasteiger partial charge in [-0.3, -0.25) is 14.5 Å². The van der Waals surface area contributed by atoms with Crippen LogP contribution in [0.15, 0.2) is 12.3 Å². The van der Waals surface area contributed by atoms with Crippen LogP contribution in [0.5, 0.6) is 0 Å². The Morgan fingerprint density at radius 2 is 2.11 bits per heavy atom. The van der Waals surface area contributed by atoms with Gasteiger partial charge in [0.05, 0.1) is 5.69 Å². The van der Waals surface area contributed by atoms with E-state index in [1.165, 1.54) is 31.9 Å². The highest BCUT2D eigenvalue weighted by atomic mass is 15.3. The highest BCUT2D eigenvalue weighted by Gasteiger charge is 2.32. The minimum atomic E-state index is 0.782. The van der Waals surface area contributed by atoms with Crippen molar-refractivity contribution in [1.29, 1.82) is 0 Å². The number of nitrogens with one attached hydrogen (secondary N) is 1. The topological polar surface area (TPSA) is 36.3 Å². The molecule has 0 amide bonds. The van der Waals surface area contributed by atoms with Crippen molar-refractivity contribution in [3.63, 3.8) is 0 Å². The van der Waals surface area contributed by atoms with Crippen LogP contribution >= 0.6 is 0 Å². The number of hydrogen-bond donors (Lipinski definition) is 1. The molecule has 5 heteroatoms. The first-order valence-electron chi connectivity index (χ1n) is 7.54. The van der Waals surface area contributed by atoms with Crippen LogP contribution in [0, 0.1) is 0 Å². The molecule has 5 nitrogen and oxygen atoms in total. The molecule has 1 N–H and O–H groups in total. The Morgan fingerprint density at radius 3 is 2.84 bits per heavy atom. The molecule has 0 radical (unpaired) electrons. The molecule has 3 rings (SSSR count). The number of aryl methyl sites for hydroxylation is 1. The minimum absolute atomic E-state index is 0.782. The highest BCUT2D eigenvalue weighted by molar-refractivity contribution is 5.03. The number of piperazine rings is 1. The summed E-state index contributed by atoms with van der Waals surface area (Å²) in [6.07, 6.45) is 3.08. The summed E-state index contributed by atoms with van der Waals surface area (Å²) in [4.78, 5) is 5.17. The Hall–Kier alpha value is -0.910. The average Bonchev–Trinajstić information content (AvgIpc) is 2.82. The Labute approximate surface area is 115 Å². The van der Waals surface area contributed by atoms with Crippen molar-refractivity contribution in [3.8, 4) is 0 Å². The van der Waals surface area contributed by atoms with Crippen LogP contribution in [0.25, 0.3) is 0 Å². The lowest BCUT2D eigenvalue weighted by atomic mass is 10.1. The third kappa shape index (κ3) is 2.99. The molecule has 2 fully saturated rings. The van der Waals surface area contributed by atoms with E-state index in [0.717, 1.165) is 38.6 Å². The van der Waals surface area contributed by atoms with E-state index in [-0.39, 0.29) is 0 Å². The Kier molecular flexibility index (Phi) is 4.15. The summed E-state index contributed by atoms with van der Waals surface area (Å²) in [5.41, 5.74) is 1.36. The first-order valence-corrected chi connectivity index (χ1v) is 7.54. The Bertz CT molecular complexity index is 390. The summed E-state index contributed by atoms with van der Waals surface area (Å²) >= 11 is 0. The predicted octanol–water partition coefficient (Wildman–Crippen LogP) is 0.383. The second-order valence-corrected chi connectivity index (χ2v) is 5.68. The molecule has 106 valence electrons. The molecular formula is C14H25N5. The van der Waals surface area contributed by atoms with Crippen LogP contribution < -0.4 is 5.32 Å². The molecular weight excluding hydrogens is 238 g/mol. The lowest BCUT2D eigenvalue weighted by molar-refractivity contribution is 0.0208. The molecule has 0 aromatic carbocycles. The van der Waals surface area contributed by atoms with Crippen LogP contribution in [0.3, 0.4) is 0 Å². The van der Waals surface area contributed by atoms with E-state index in [0.29, 0.717) is 0 Å². The van der Waals surface area contributed by atoms with Crippen molar-refractivity contribution >= 4 is 0 Å². The maximum absolute atomic E-state index is 4.40. The van der Waals surface area contributed by atoms with E-state index in [4.69, 9.17) is 0 Å². The maximum Gasteiger partial charge on any atom is 0.0524 e. The molecule has 1 aromatic heterocycles. The van der Waals surface area contributed by atoms with E-state index in [1.54, 1.807) is 0 Å². The molecule has 3 heterocycles. The predicted molar refractivity (Wildman–Crippen MR) is 76.0 cm³/mol. The molecule has 2 saturated heterocycles. The molecule has 0 unspecified atom stereocenters. The average molecular weight is 263 g/mol. The Balaban J connectivity index is 1.46. The summed E-state index contributed by atoms with van der Waals surface area (Å²) in [5.74, 6) is 0. The zero-order valence-electron chi connectivity index (χ0n) is 11.9. The molecule has 0 atom stereocenters. The fraction of sp³-hybridized carbons (Fsp3) is 0.786. The SMILES string of the molecule is CCCn1nccc1CN1CC(N2CCNCC2)C1. The van der Waals surface area contributed by atoms with Crippen LogP contribution in [0.4, 0.5) is 0 Å². The smallest absolute Gasteiger partial charge is 0.0524 e. The first kappa shape index (κ1) is 13.1. The van der Waals surface area contributed by atoms with E-state index in [2.05, 4.69) is 37.9 Å². The number of nitrogens with zero attached hydrogens (tertiary/aromatic N) is 4. The molecule has 0 aliphatic carbocycles. The summed E-state index contributed by atoms with van der Waals surface area (Å²) in [6.45, 7) is 11.5. The van der Waals surface area contributed by atoms with Gasteiger partial charge in [0.2, 0.25) is 0 Å². The first-order chi connectivity index (χ1) is 9.36. The van der Waals surface area contributed by atoms with E-state index < -0.39 is 0 Å². The van der Waals surface area contributed by atoms with Crippen LogP contribution in [0.1, 0.15) is 19.0 Å². The maximum atomic E-state index is 4.40. The summed E-state index contributed by atoms with van der Waals surface area (Å²) in [6, 6.07) is 2.94. The molecule has 1 aromatic rings. The summed E-state index contributed by atoms with van der Waals surface area (Å²) in [7, 11) is 0. The number of aromatic nitrogens is 2. The van der Waals surface area contributed by atoms with Gasteiger partial charge in [-0.1, -0.05) is 6.92 Å². The molecule has 0 saturated carbocycles. The van der Waals surface area contributed by atoms with Gasteiger partial charge in [0.25, 0.3) is 0 Å². The quantitative estimate of drug-likeness (QED) is 0.833. The van der Waals surface area contributed by atoms with Crippen LogP contribution in [0.2, 0.25) is 0 Å². The normalized spacial score (nSPS) is 22.6. The fourth-order valence-electron chi connectivity index (χ4n) is 3.09. The van der Waals surface area contributed by atoms with Crippen LogP contribution in [-0.4, -0.2) is 64.9 Å². The lowest BCUT2D eigenvalue weighted by Gasteiger charge is -2.46. The van der Waals surface area contributed by atoms with Gasteiger partial charge < -0.3 is 5.32 Å². The van der Waals surface area contributed by atoms with Gasteiger partial charge in [-0.25, -0.2) is 0 Å². The van der Waals surface area contributed by atoms with Crippen molar-refractivity contribution in [1.82, 2.24) is 24.9 Å². The van der Waals surface area contributed by atoms with Crippen molar-refractivity contribution < 1.29 is 0 Å². The number of likely N-dealkylation sites (tertiary alicyclic amines) is 1. The molecule has 0 bridgehead atoms. The van der Waals surface area contributed by atoms with Crippen molar-refractivity contribution in [2.45, 2.75) is 32.5 Å². The monoisotopic (exact) mass is 263 g/mol. The second-order valence-electron chi connectivity index (χ2n) is 5.68. The van der Waals surface area contributed by atoms with Gasteiger partial charge >= 0.3 is 0 Å². The Morgan fingerprint density at radius 1 is 1.32 bits per heavy atom. The zero-order valence-corrected chi connectivity index (χ0v) is 11.9. The largest absolute Gasteiger partial charge is 0.314 e. The third-order valence-electron chi connectivity index (χ3n) is 4.23. The van der Waals surface area contributed by atoms with Gasteiger partial charge in [-0.15, -0.1) is 0 Å². The molecule has 2 aliphatic rings. The van der Waals surface area contributed by atoms with Crippen molar-refractivity contribution in [2.24, 2.45) is 0 Å². The van der Waals surface area contributed by atoms with Gasteiger partial charge in [0, 0.05) is 64.6 Å². The van der Waals surface area contributed by atoms with E-state index in [1.807, 2.05) is 6.20 Å². The number of hydrogen-bond acceptors (Lipinski definition) is 4. The van der Waals surface area contributed by atoms with Gasteiger partial charge in [-0.2, -0.15) is 5.10 Å². The third-order valence-corrected chi connectivity index (χ3v) is 4.23. The molecule has 19 heavy (non-hydrogen) atoms. The van der Waals surface area contributed by atoms with Crippen molar-refractivity contribution in [3.05, 3.63) is 18.0 Å². The van der Waals surface area contributed by atoms with E-state index in [9.17, 15) is 0 Å².